The van der Waals surface area contributed by atoms with E-state index in [-0.39, 0.29) is 0 Å². The van der Waals surface area contributed by atoms with E-state index < -0.39 is 5.60 Å². The van der Waals surface area contributed by atoms with E-state index in [1.54, 1.807) is 6.92 Å². The average Bonchev–Trinajstić information content (AvgIpc) is 2.51. The Morgan fingerprint density at radius 1 is 1.64 bits per heavy atom. The van der Waals surface area contributed by atoms with Crippen LogP contribution in [0, 0.1) is 6.92 Å². The molecule has 0 aliphatic rings. The summed E-state index contributed by atoms with van der Waals surface area (Å²) in [4.78, 5) is 0. The van der Waals surface area contributed by atoms with Gasteiger partial charge in [0.05, 0.1) is 11.8 Å². The van der Waals surface area contributed by atoms with Crippen molar-refractivity contribution in [2.75, 3.05) is 6.54 Å². The summed E-state index contributed by atoms with van der Waals surface area (Å²) in [6, 6.07) is 0. The maximum absolute atomic E-state index is 9.65. The summed E-state index contributed by atoms with van der Waals surface area (Å²) >= 11 is 0. The Labute approximate surface area is 84.7 Å². The molecule has 3 N–H and O–H groups in total. The number of aromatic nitrogens is 2. The van der Waals surface area contributed by atoms with Crippen LogP contribution >= 0.6 is 0 Å². The molecule has 0 aromatic carbocycles. The normalized spacial score (nSPS) is 15.4. The Bertz CT molecular complexity index is 281. The average molecular weight is 197 g/mol. The van der Waals surface area contributed by atoms with Gasteiger partial charge in [-0.25, -0.2) is 0 Å². The molecule has 4 nitrogen and oxygen atoms in total. The van der Waals surface area contributed by atoms with Gasteiger partial charge in [0.2, 0.25) is 0 Å². The Kier molecular flexibility index (Phi) is 3.66. The number of nitrogens with zero attached hydrogens (tertiary/aromatic N) is 2. The van der Waals surface area contributed by atoms with Gasteiger partial charge in [-0.05, 0) is 32.3 Å². The van der Waals surface area contributed by atoms with Crippen molar-refractivity contribution in [3.05, 3.63) is 18.0 Å². The lowest BCUT2D eigenvalue weighted by Gasteiger charge is -2.20. The Morgan fingerprint density at radius 3 is 2.86 bits per heavy atom. The van der Waals surface area contributed by atoms with Gasteiger partial charge in [-0.1, -0.05) is 0 Å². The lowest BCUT2D eigenvalue weighted by atomic mass is 10.0. The molecule has 1 aromatic heterocycles. The molecule has 0 amide bonds. The van der Waals surface area contributed by atoms with Crippen molar-refractivity contribution in [1.82, 2.24) is 9.78 Å². The van der Waals surface area contributed by atoms with Gasteiger partial charge in [0.25, 0.3) is 0 Å². The molecule has 1 rings (SSSR count). The van der Waals surface area contributed by atoms with Crippen LogP contribution in [-0.2, 0) is 6.54 Å². The Balaban J connectivity index is 2.28. The maximum Gasteiger partial charge on any atom is 0.0742 e. The first-order valence-electron chi connectivity index (χ1n) is 4.95. The van der Waals surface area contributed by atoms with Crippen molar-refractivity contribution in [3.63, 3.8) is 0 Å². The number of hydrogen-bond acceptors (Lipinski definition) is 3. The molecule has 0 saturated carbocycles. The first-order valence-corrected chi connectivity index (χ1v) is 4.95. The van der Waals surface area contributed by atoms with Gasteiger partial charge in [0, 0.05) is 19.3 Å². The summed E-state index contributed by atoms with van der Waals surface area (Å²) in [5, 5.41) is 13.8. The van der Waals surface area contributed by atoms with Crippen molar-refractivity contribution in [2.24, 2.45) is 5.73 Å². The SMILES string of the molecule is Cc1cnn(CCCC(C)(O)CN)c1. The summed E-state index contributed by atoms with van der Waals surface area (Å²) in [5.74, 6) is 0. The highest BCUT2D eigenvalue weighted by Crippen LogP contribution is 2.10. The van der Waals surface area contributed by atoms with Crippen LogP contribution in [0.3, 0.4) is 0 Å². The second kappa shape index (κ2) is 4.57. The molecule has 0 fully saturated rings. The van der Waals surface area contributed by atoms with Crippen LogP contribution in [0.2, 0.25) is 0 Å². The molecule has 1 unspecified atom stereocenters. The van der Waals surface area contributed by atoms with Gasteiger partial charge in [-0.15, -0.1) is 0 Å². The third-order valence-corrected chi connectivity index (χ3v) is 2.30. The van der Waals surface area contributed by atoms with Crippen LogP contribution in [0.5, 0.6) is 0 Å². The summed E-state index contributed by atoms with van der Waals surface area (Å²) in [6.07, 6.45) is 5.44. The van der Waals surface area contributed by atoms with E-state index in [2.05, 4.69) is 5.10 Å². The van der Waals surface area contributed by atoms with E-state index in [4.69, 9.17) is 5.73 Å². The summed E-state index contributed by atoms with van der Waals surface area (Å²) < 4.78 is 1.89. The van der Waals surface area contributed by atoms with E-state index in [1.165, 1.54) is 0 Å². The highest BCUT2D eigenvalue weighted by Gasteiger charge is 2.16. The molecule has 0 saturated heterocycles. The molecule has 1 aromatic rings. The monoisotopic (exact) mass is 197 g/mol. The van der Waals surface area contributed by atoms with Gasteiger partial charge >= 0.3 is 0 Å². The van der Waals surface area contributed by atoms with Crippen molar-refractivity contribution < 1.29 is 5.11 Å². The zero-order valence-electron chi connectivity index (χ0n) is 8.90. The molecule has 14 heavy (non-hydrogen) atoms. The molecule has 4 heteroatoms. The number of nitrogens with two attached hydrogens (primary N) is 1. The third kappa shape index (κ3) is 3.47. The van der Waals surface area contributed by atoms with Crippen molar-refractivity contribution in [2.45, 2.75) is 38.8 Å². The minimum atomic E-state index is -0.734. The predicted molar refractivity (Wildman–Crippen MR) is 55.9 cm³/mol. The fourth-order valence-electron chi connectivity index (χ4n) is 1.31. The first-order chi connectivity index (χ1) is 6.53. The lowest BCUT2D eigenvalue weighted by molar-refractivity contribution is 0.0564. The van der Waals surface area contributed by atoms with Gasteiger partial charge < -0.3 is 10.8 Å². The molecule has 0 aliphatic heterocycles. The quantitative estimate of drug-likeness (QED) is 0.729. The second-order valence-corrected chi connectivity index (χ2v) is 4.09. The number of aryl methyl sites for hydroxylation is 2. The third-order valence-electron chi connectivity index (χ3n) is 2.30. The maximum atomic E-state index is 9.65. The number of rotatable bonds is 5. The van der Waals surface area contributed by atoms with Crippen molar-refractivity contribution in [1.29, 1.82) is 0 Å². The first kappa shape index (κ1) is 11.2. The molecular weight excluding hydrogens is 178 g/mol. The van der Waals surface area contributed by atoms with E-state index in [1.807, 2.05) is 24.0 Å². The fourth-order valence-corrected chi connectivity index (χ4v) is 1.31. The molecule has 0 bridgehead atoms. The van der Waals surface area contributed by atoms with E-state index in [9.17, 15) is 5.11 Å². The second-order valence-electron chi connectivity index (χ2n) is 4.09. The number of hydrogen-bond donors (Lipinski definition) is 2. The molecule has 0 radical (unpaired) electrons. The Hall–Kier alpha value is -0.870. The molecule has 1 heterocycles. The smallest absolute Gasteiger partial charge is 0.0742 e. The highest BCUT2D eigenvalue weighted by atomic mass is 16.3. The van der Waals surface area contributed by atoms with Crippen molar-refractivity contribution >= 4 is 0 Å². The van der Waals surface area contributed by atoms with Crippen LogP contribution in [0.1, 0.15) is 25.3 Å². The topological polar surface area (TPSA) is 64.1 Å². The van der Waals surface area contributed by atoms with Gasteiger partial charge in [0.1, 0.15) is 0 Å². The van der Waals surface area contributed by atoms with Gasteiger partial charge in [-0.3, -0.25) is 4.68 Å². The van der Waals surface area contributed by atoms with Crippen LogP contribution in [-0.4, -0.2) is 27.0 Å². The molecule has 80 valence electrons. The summed E-state index contributed by atoms with van der Waals surface area (Å²) in [6.45, 7) is 4.93. The minimum Gasteiger partial charge on any atom is -0.389 e. The van der Waals surface area contributed by atoms with Crippen LogP contribution in [0.25, 0.3) is 0 Å². The highest BCUT2D eigenvalue weighted by molar-refractivity contribution is 4.99. The zero-order chi connectivity index (χ0) is 10.6. The summed E-state index contributed by atoms with van der Waals surface area (Å²) in [7, 11) is 0. The van der Waals surface area contributed by atoms with Crippen LogP contribution < -0.4 is 5.73 Å². The van der Waals surface area contributed by atoms with Gasteiger partial charge in [-0.2, -0.15) is 5.10 Å². The lowest BCUT2D eigenvalue weighted by Crippen LogP contribution is -2.34. The van der Waals surface area contributed by atoms with Crippen LogP contribution in [0.4, 0.5) is 0 Å². The zero-order valence-corrected chi connectivity index (χ0v) is 8.90. The van der Waals surface area contributed by atoms with E-state index in [0.29, 0.717) is 13.0 Å². The molecule has 0 aliphatic carbocycles. The van der Waals surface area contributed by atoms with E-state index >= 15 is 0 Å². The largest absolute Gasteiger partial charge is 0.389 e. The predicted octanol–water partition coefficient (Wildman–Crippen LogP) is 0.681. The molecular formula is C10H19N3O. The minimum absolute atomic E-state index is 0.311. The fraction of sp³-hybridized carbons (Fsp3) is 0.700. The van der Waals surface area contributed by atoms with Crippen LogP contribution in [0.15, 0.2) is 12.4 Å². The van der Waals surface area contributed by atoms with E-state index in [0.717, 1.165) is 18.5 Å². The summed E-state index contributed by atoms with van der Waals surface area (Å²) in [5.41, 5.74) is 5.85. The van der Waals surface area contributed by atoms with Crippen molar-refractivity contribution in [3.8, 4) is 0 Å². The molecule has 1 atom stereocenters. The Morgan fingerprint density at radius 2 is 2.36 bits per heavy atom. The molecule has 0 spiro atoms. The standard InChI is InChI=1S/C10H19N3O/c1-9-6-12-13(7-9)5-3-4-10(2,14)8-11/h6-7,14H,3-5,8,11H2,1-2H3. The number of aliphatic hydroxyl groups is 1. The van der Waals surface area contributed by atoms with Gasteiger partial charge in [0.15, 0.2) is 0 Å².